The van der Waals surface area contributed by atoms with Gasteiger partial charge in [-0.25, -0.2) is 4.98 Å². The summed E-state index contributed by atoms with van der Waals surface area (Å²) in [6.07, 6.45) is 7.48. The van der Waals surface area contributed by atoms with Gasteiger partial charge in [-0.2, -0.15) is 0 Å². The van der Waals surface area contributed by atoms with Crippen LogP contribution in [0.4, 0.5) is 0 Å². The molecule has 0 aromatic carbocycles. The Bertz CT molecular complexity index is 465. The highest BCUT2D eigenvalue weighted by atomic mass is 16.5. The Balaban J connectivity index is 1.69. The highest BCUT2D eigenvalue weighted by molar-refractivity contribution is 5.77. The number of morpholine rings is 1. The first-order valence-corrected chi connectivity index (χ1v) is 7.63. The SMILES string of the molecule is Cc1cnc([C@H]2COCCN2C(=O)CC2CCCC2)[nH]1. The zero-order valence-electron chi connectivity index (χ0n) is 12.1. The largest absolute Gasteiger partial charge is 0.377 e. The van der Waals surface area contributed by atoms with Gasteiger partial charge in [-0.05, 0) is 25.7 Å². The molecule has 1 atom stereocenters. The number of carbonyl (C=O) groups excluding carboxylic acids is 1. The van der Waals surface area contributed by atoms with Crippen molar-refractivity contribution in [1.82, 2.24) is 14.9 Å². The number of H-pyrrole nitrogens is 1. The van der Waals surface area contributed by atoms with E-state index < -0.39 is 0 Å². The Morgan fingerprint density at radius 1 is 1.50 bits per heavy atom. The van der Waals surface area contributed by atoms with Gasteiger partial charge in [0.05, 0.1) is 13.2 Å². The maximum atomic E-state index is 12.6. The van der Waals surface area contributed by atoms with Gasteiger partial charge < -0.3 is 14.6 Å². The number of nitrogens with zero attached hydrogens (tertiary/aromatic N) is 2. The third-order valence-electron chi connectivity index (χ3n) is 4.43. The van der Waals surface area contributed by atoms with Crippen molar-refractivity contribution >= 4 is 5.91 Å². The smallest absolute Gasteiger partial charge is 0.223 e. The Labute approximate surface area is 119 Å². The predicted octanol–water partition coefficient (Wildman–Crippen LogP) is 2.20. The van der Waals surface area contributed by atoms with Gasteiger partial charge >= 0.3 is 0 Å². The molecule has 1 aromatic rings. The molecule has 20 heavy (non-hydrogen) atoms. The normalized spacial score (nSPS) is 24.2. The van der Waals surface area contributed by atoms with Gasteiger partial charge in [-0.1, -0.05) is 12.8 Å². The first-order chi connectivity index (χ1) is 9.74. The lowest BCUT2D eigenvalue weighted by Crippen LogP contribution is -2.44. The monoisotopic (exact) mass is 277 g/mol. The van der Waals surface area contributed by atoms with Crippen LogP contribution < -0.4 is 0 Å². The lowest BCUT2D eigenvalue weighted by Gasteiger charge is -2.35. The molecule has 2 fully saturated rings. The van der Waals surface area contributed by atoms with Crippen molar-refractivity contribution in [3.63, 3.8) is 0 Å². The Morgan fingerprint density at radius 2 is 2.30 bits per heavy atom. The lowest BCUT2D eigenvalue weighted by molar-refractivity contribution is -0.141. The van der Waals surface area contributed by atoms with Crippen LogP contribution in [0.15, 0.2) is 6.20 Å². The minimum Gasteiger partial charge on any atom is -0.377 e. The average molecular weight is 277 g/mol. The van der Waals surface area contributed by atoms with E-state index in [1.54, 1.807) is 0 Å². The van der Waals surface area contributed by atoms with Crippen molar-refractivity contribution in [2.24, 2.45) is 5.92 Å². The number of aromatic nitrogens is 2. The number of hydrogen-bond acceptors (Lipinski definition) is 3. The number of carbonyl (C=O) groups is 1. The topological polar surface area (TPSA) is 58.2 Å². The van der Waals surface area contributed by atoms with Gasteiger partial charge in [0.25, 0.3) is 0 Å². The second-order valence-corrected chi connectivity index (χ2v) is 5.98. The number of aromatic amines is 1. The maximum absolute atomic E-state index is 12.6. The van der Waals surface area contributed by atoms with Gasteiger partial charge in [-0.15, -0.1) is 0 Å². The molecular formula is C15H23N3O2. The van der Waals surface area contributed by atoms with E-state index >= 15 is 0 Å². The molecule has 5 nitrogen and oxygen atoms in total. The molecule has 0 bridgehead atoms. The molecule has 1 amide bonds. The molecule has 1 saturated heterocycles. The summed E-state index contributed by atoms with van der Waals surface area (Å²) in [5, 5.41) is 0. The van der Waals surface area contributed by atoms with E-state index in [1.165, 1.54) is 25.7 Å². The molecule has 1 saturated carbocycles. The summed E-state index contributed by atoms with van der Waals surface area (Å²) >= 11 is 0. The minimum atomic E-state index is -0.0497. The molecule has 1 aliphatic carbocycles. The number of imidazole rings is 1. The van der Waals surface area contributed by atoms with Crippen LogP contribution >= 0.6 is 0 Å². The van der Waals surface area contributed by atoms with Crippen LogP contribution in [0.2, 0.25) is 0 Å². The van der Waals surface area contributed by atoms with Crippen molar-refractivity contribution < 1.29 is 9.53 Å². The summed E-state index contributed by atoms with van der Waals surface area (Å²) in [4.78, 5) is 22.1. The highest BCUT2D eigenvalue weighted by Crippen LogP contribution is 2.30. The van der Waals surface area contributed by atoms with Crippen molar-refractivity contribution in [2.45, 2.75) is 45.1 Å². The fourth-order valence-corrected chi connectivity index (χ4v) is 3.31. The van der Waals surface area contributed by atoms with Gasteiger partial charge in [0.1, 0.15) is 11.9 Å². The highest BCUT2D eigenvalue weighted by Gasteiger charge is 2.32. The van der Waals surface area contributed by atoms with E-state index in [0.717, 1.165) is 11.5 Å². The summed E-state index contributed by atoms with van der Waals surface area (Å²) in [6.45, 7) is 3.83. The molecule has 2 heterocycles. The third kappa shape index (κ3) is 2.87. The van der Waals surface area contributed by atoms with Crippen LogP contribution in [0.3, 0.4) is 0 Å². The average Bonchev–Trinajstić information content (AvgIpc) is 3.10. The van der Waals surface area contributed by atoms with Crippen molar-refractivity contribution in [3.8, 4) is 0 Å². The number of rotatable bonds is 3. The van der Waals surface area contributed by atoms with E-state index in [9.17, 15) is 4.79 Å². The molecule has 1 aromatic heterocycles. The van der Waals surface area contributed by atoms with E-state index in [1.807, 2.05) is 18.0 Å². The first kappa shape index (κ1) is 13.6. The summed E-state index contributed by atoms with van der Waals surface area (Å²) in [5.74, 6) is 1.70. The van der Waals surface area contributed by atoms with Crippen LogP contribution in [-0.2, 0) is 9.53 Å². The van der Waals surface area contributed by atoms with Crippen molar-refractivity contribution in [2.75, 3.05) is 19.8 Å². The van der Waals surface area contributed by atoms with Crippen LogP contribution in [0, 0.1) is 12.8 Å². The molecule has 110 valence electrons. The molecule has 2 aliphatic rings. The second kappa shape index (κ2) is 5.95. The van der Waals surface area contributed by atoms with Gasteiger partial charge in [0.2, 0.25) is 5.91 Å². The van der Waals surface area contributed by atoms with E-state index in [2.05, 4.69) is 9.97 Å². The zero-order valence-corrected chi connectivity index (χ0v) is 12.1. The number of amides is 1. The van der Waals surface area contributed by atoms with Crippen molar-refractivity contribution in [1.29, 1.82) is 0 Å². The maximum Gasteiger partial charge on any atom is 0.223 e. The van der Waals surface area contributed by atoms with Crippen LogP contribution in [0.25, 0.3) is 0 Å². The zero-order chi connectivity index (χ0) is 13.9. The molecule has 0 radical (unpaired) electrons. The van der Waals surface area contributed by atoms with Crippen LogP contribution in [0.5, 0.6) is 0 Å². The van der Waals surface area contributed by atoms with Gasteiger partial charge in [0, 0.05) is 24.9 Å². The predicted molar refractivity (Wildman–Crippen MR) is 75.2 cm³/mol. The fraction of sp³-hybridized carbons (Fsp3) is 0.733. The van der Waals surface area contributed by atoms with Crippen molar-refractivity contribution in [3.05, 3.63) is 17.7 Å². The molecule has 1 aliphatic heterocycles. The summed E-state index contributed by atoms with van der Waals surface area (Å²) in [5.41, 5.74) is 1.02. The second-order valence-electron chi connectivity index (χ2n) is 5.98. The lowest BCUT2D eigenvalue weighted by atomic mass is 10.0. The van der Waals surface area contributed by atoms with Gasteiger partial charge in [-0.3, -0.25) is 4.79 Å². The fourth-order valence-electron chi connectivity index (χ4n) is 3.31. The molecular weight excluding hydrogens is 254 g/mol. The number of aryl methyl sites for hydroxylation is 1. The third-order valence-corrected chi connectivity index (χ3v) is 4.43. The molecule has 1 N–H and O–H groups in total. The molecule has 5 heteroatoms. The van der Waals surface area contributed by atoms with Crippen LogP contribution in [-0.4, -0.2) is 40.5 Å². The number of nitrogens with one attached hydrogen (secondary N) is 1. The summed E-state index contributed by atoms with van der Waals surface area (Å²) in [6, 6.07) is -0.0497. The van der Waals surface area contributed by atoms with E-state index in [-0.39, 0.29) is 11.9 Å². The first-order valence-electron chi connectivity index (χ1n) is 7.63. The standard InChI is InChI=1S/C15H23N3O2/c1-11-9-16-15(17-11)13-10-20-7-6-18(13)14(19)8-12-4-2-3-5-12/h9,12-13H,2-8,10H2,1H3,(H,16,17)/t13-/m1/s1. The number of ether oxygens (including phenoxy) is 1. The summed E-state index contributed by atoms with van der Waals surface area (Å²) in [7, 11) is 0. The summed E-state index contributed by atoms with van der Waals surface area (Å²) < 4.78 is 5.54. The van der Waals surface area contributed by atoms with Gasteiger partial charge in [0.15, 0.2) is 0 Å². The molecule has 0 unspecified atom stereocenters. The Kier molecular flexibility index (Phi) is 4.05. The molecule has 3 rings (SSSR count). The Morgan fingerprint density at radius 3 is 3.00 bits per heavy atom. The molecule has 0 spiro atoms. The number of hydrogen-bond donors (Lipinski definition) is 1. The minimum absolute atomic E-state index is 0.0497. The van der Waals surface area contributed by atoms with Crippen LogP contribution in [0.1, 0.15) is 49.7 Å². The Hall–Kier alpha value is -1.36. The quantitative estimate of drug-likeness (QED) is 0.921. The van der Waals surface area contributed by atoms with E-state index in [4.69, 9.17) is 4.74 Å². The van der Waals surface area contributed by atoms with E-state index in [0.29, 0.717) is 32.1 Å².